The molecule has 0 aromatic heterocycles. The van der Waals surface area contributed by atoms with Crippen molar-refractivity contribution < 1.29 is 14.3 Å². The quantitative estimate of drug-likeness (QED) is 0.768. The Hall–Kier alpha value is -1.84. The van der Waals surface area contributed by atoms with Crippen molar-refractivity contribution in [1.29, 1.82) is 0 Å². The van der Waals surface area contributed by atoms with Crippen molar-refractivity contribution in [3.05, 3.63) is 35.4 Å². The minimum atomic E-state index is -0.591. The first-order valence-corrected chi connectivity index (χ1v) is 5.98. The van der Waals surface area contributed by atoms with Gasteiger partial charge in [0.2, 0.25) is 0 Å². The number of hydrogen-bond acceptors (Lipinski definition) is 3. The lowest BCUT2D eigenvalue weighted by atomic mass is 9.95. The first-order chi connectivity index (χ1) is 8.37. The van der Waals surface area contributed by atoms with Crippen LogP contribution in [-0.2, 0) is 16.0 Å². The minimum Gasteiger partial charge on any atom is -0.458 e. The minimum absolute atomic E-state index is 0.215. The summed E-state index contributed by atoms with van der Waals surface area (Å²) in [7, 11) is 0. The first kappa shape index (κ1) is 12.6. The van der Waals surface area contributed by atoms with Crippen LogP contribution in [0.3, 0.4) is 0 Å². The molecule has 0 radical (unpaired) electrons. The lowest BCUT2D eigenvalue weighted by Crippen LogP contribution is -2.48. The third kappa shape index (κ3) is 2.70. The number of hydrogen-bond donors (Lipinski definition) is 1. The Kier molecular flexibility index (Phi) is 3.11. The van der Waals surface area contributed by atoms with Crippen molar-refractivity contribution in [2.24, 2.45) is 0 Å². The number of ether oxygens (including phenoxy) is 1. The Morgan fingerprint density at radius 2 is 2.00 bits per heavy atom. The Balaban J connectivity index is 2.16. The van der Waals surface area contributed by atoms with E-state index in [4.69, 9.17) is 4.74 Å². The third-order valence-corrected chi connectivity index (χ3v) is 2.68. The molecule has 1 aromatic carbocycles. The van der Waals surface area contributed by atoms with E-state index in [9.17, 15) is 9.59 Å². The van der Waals surface area contributed by atoms with Gasteiger partial charge in [-0.2, -0.15) is 0 Å². The highest BCUT2D eigenvalue weighted by Gasteiger charge is 2.31. The lowest BCUT2D eigenvalue weighted by Gasteiger charge is -2.27. The molecular formula is C14H17NO3. The fourth-order valence-electron chi connectivity index (χ4n) is 1.94. The Bertz CT molecular complexity index is 488. The summed E-state index contributed by atoms with van der Waals surface area (Å²) in [5.41, 5.74) is 0.980. The maximum atomic E-state index is 11.9. The third-order valence-electron chi connectivity index (χ3n) is 2.68. The van der Waals surface area contributed by atoms with Gasteiger partial charge in [-0.05, 0) is 32.4 Å². The zero-order valence-electron chi connectivity index (χ0n) is 10.8. The smallest absolute Gasteiger partial charge is 0.329 e. The topological polar surface area (TPSA) is 55.4 Å². The molecule has 0 spiro atoms. The van der Waals surface area contributed by atoms with Crippen molar-refractivity contribution in [1.82, 2.24) is 5.32 Å². The van der Waals surface area contributed by atoms with E-state index >= 15 is 0 Å². The van der Waals surface area contributed by atoms with Gasteiger partial charge in [-0.1, -0.05) is 18.2 Å². The Morgan fingerprint density at radius 3 is 2.67 bits per heavy atom. The van der Waals surface area contributed by atoms with E-state index in [-0.39, 0.29) is 11.9 Å². The van der Waals surface area contributed by atoms with Crippen molar-refractivity contribution in [2.45, 2.75) is 38.8 Å². The number of fused-ring (bicyclic) bond motifs is 1. The maximum Gasteiger partial charge on any atom is 0.329 e. The first-order valence-electron chi connectivity index (χ1n) is 5.98. The molecular weight excluding hydrogens is 230 g/mol. The van der Waals surface area contributed by atoms with Crippen LogP contribution in [0, 0.1) is 0 Å². The summed E-state index contributed by atoms with van der Waals surface area (Å²) in [5.74, 6) is -0.599. The van der Waals surface area contributed by atoms with Gasteiger partial charge in [0.25, 0.3) is 5.91 Å². The fourth-order valence-corrected chi connectivity index (χ4v) is 1.94. The molecule has 1 amide bonds. The molecule has 1 aromatic rings. The highest BCUT2D eigenvalue weighted by atomic mass is 16.6. The average Bonchev–Trinajstić information content (AvgIpc) is 2.26. The van der Waals surface area contributed by atoms with Gasteiger partial charge in [0.1, 0.15) is 11.6 Å². The summed E-state index contributed by atoms with van der Waals surface area (Å²) < 4.78 is 5.29. The molecule has 4 heteroatoms. The van der Waals surface area contributed by atoms with Crippen LogP contribution in [0.2, 0.25) is 0 Å². The van der Waals surface area contributed by atoms with Gasteiger partial charge < -0.3 is 10.1 Å². The molecule has 4 nitrogen and oxygen atoms in total. The standard InChI is InChI=1S/C14H17NO3/c1-14(2,3)18-13(17)11-8-9-6-4-5-7-10(9)12(16)15-11/h4-7,11H,8H2,1-3H3,(H,15,16). The van der Waals surface area contributed by atoms with Gasteiger partial charge in [0.05, 0.1) is 0 Å². The summed E-state index contributed by atoms with van der Waals surface area (Å²) >= 11 is 0. The molecule has 1 aliphatic rings. The molecule has 0 saturated heterocycles. The van der Waals surface area contributed by atoms with Crippen LogP contribution >= 0.6 is 0 Å². The zero-order valence-corrected chi connectivity index (χ0v) is 10.8. The van der Waals surface area contributed by atoms with Gasteiger partial charge in [0.15, 0.2) is 0 Å². The SMILES string of the molecule is CC(C)(C)OC(=O)C1Cc2ccccc2C(=O)N1. The summed E-state index contributed by atoms with van der Waals surface area (Å²) in [6.45, 7) is 5.43. The van der Waals surface area contributed by atoms with E-state index in [1.165, 1.54) is 0 Å². The van der Waals surface area contributed by atoms with Crippen molar-refractivity contribution in [3.63, 3.8) is 0 Å². The lowest BCUT2D eigenvalue weighted by molar-refractivity contribution is -0.157. The number of esters is 1. The highest BCUT2D eigenvalue weighted by molar-refractivity contribution is 6.00. The van der Waals surface area contributed by atoms with Crippen LogP contribution in [0.5, 0.6) is 0 Å². The van der Waals surface area contributed by atoms with Crippen LogP contribution in [0.1, 0.15) is 36.7 Å². The van der Waals surface area contributed by atoms with Crippen LogP contribution < -0.4 is 5.32 Å². The Labute approximate surface area is 106 Å². The molecule has 2 rings (SSSR count). The van der Waals surface area contributed by atoms with Crippen LogP contribution in [0.4, 0.5) is 0 Å². The molecule has 1 heterocycles. The van der Waals surface area contributed by atoms with Crippen LogP contribution in [-0.4, -0.2) is 23.5 Å². The van der Waals surface area contributed by atoms with Crippen molar-refractivity contribution >= 4 is 11.9 Å². The number of benzene rings is 1. The van der Waals surface area contributed by atoms with Gasteiger partial charge in [-0.3, -0.25) is 4.79 Å². The second kappa shape index (κ2) is 4.44. The van der Waals surface area contributed by atoms with E-state index in [1.54, 1.807) is 6.07 Å². The number of amides is 1. The summed E-state index contributed by atoms with van der Waals surface area (Å²) in [6.07, 6.45) is 0.483. The molecule has 1 unspecified atom stereocenters. The van der Waals surface area contributed by atoms with E-state index in [1.807, 2.05) is 39.0 Å². The molecule has 0 bridgehead atoms. The second-order valence-electron chi connectivity index (χ2n) is 5.42. The average molecular weight is 247 g/mol. The molecule has 1 aliphatic heterocycles. The van der Waals surface area contributed by atoms with E-state index in [0.29, 0.717) is 12.0 Å². The number of carbonyl (C=O) groups is 2. The van der Waals surface area contributed by atoms with Gasteiger partial charge in [-0.15, -0.1) is 0 Å². The molecule has 1 atom stereocenters. The molecule has 0 aliphatic carbocycles. The van der Waals surface area contributed by atoms with Crippen LogP contribution in [0.25, 0.3) is 0 Å². The monoisotopic (exact) mass is 247 g/mol. The highest BCUT2D eigenvalue weighted by Crippen LogP contribution is 2.18. The van der Waals surface area contributed by atoms with Crippen molar-refractivity contribution in [3.8, 4) is 0 Å². The number of carbonyl (C=O) groups excluding carboxylic acids is 2. The molecule has 18 heavy (non-hydrogen) atoms. The largest absolute Gasteiger partial charge is 0.458 e. The molecule has 0 saturated carbocycles. The van der Waals surface area contributed by atoms with Gasteiger partial charge in [-0.25, -0.2) is 4.79 Å². The predicted molar refractivity (Wildman–Crippen MR) is 67.2 cm³/mol. The summed E-state index contributed by atoms with van der Waals surface area (Å²) in [6, 6.07) is 6.71. The van der Waals surface area contributed by atoms with Gasteiger partial charge >= 0.3 is 5.97 Å². The van der Waals surface area contributed by atoms with Crippen molar-refractivity contribution in [2.75, 3.05) is 0 Å². The van der Waals surface area contributed by atoms with Gasteiger partial charge in [0, 0.05) is 12.0 Å². The predicted octanol–water partition coefficient (Wildman–Crippen LogP) is 1.68. The number of rotatable bonds is 1. The van der Waals surface area contributed by atoms with Crippen LogP contribution in [0.15, 0.2) is 24.3 Å². The summed E-state index contributed by atoms with van der Waals surface area (Å²) in [4.78, 5) is 23.8. The summed E-state index contributed by atoms with van der Waals surface area (Å²) in [5, 5.41) is 2.68. The second-order valence-corrected chi connectivity index (χ2v) is 5.42. The maximum absolute atomic E-state index is 11.9. The van der Waals surface area contributed by atoms with E-state index < -0.39 is 11.6 Å². The molecule has 1 N–H and O–H groups in total. The zero-order chi connectivity index (χ0) is 13.3. The Morgan fingerprint density at radius 1 is 1.33 bits per heavy atom. The fraction of sp³-hybridized carbons (Fsp3) is 0.429. The normalized spacial score (nSPS) is 18.8. The molecule has 96 valence electrons. The molecule has 0 fully saturated rings. The van der Waals surface area contributed by atoms with E-state index in [0.717, 1.165) is 5.56 Å². The van der Waals surface area contributed by atoms with E-state index in [2.05, 4.69) is 5.32 Å². The number of nitrogens with one attached hydrogen (secondary N) is 1.